The maximum absolute atomic E-state index is 5.84. The Balaban J connectivity index is 2.08. The summed E-state index contributed by atoms with van der Waals surface area (Å²) in [6.45, 7) is 2.84. The molecule has 0 spiro atoms. The number of hydrogen-bond acceptors (Lipinski definition) is 6. The molecule has 92 valence electrons. The van der Waals surface area contributed by atoms with E-state index in [9.17, 15) is 0 Å². The van der Waals surface area contributed by atoms with Crippen LogP contribution in [0.15, 0.2) is 11.4 Å². The molecule has 0 amide bonds. The lowest BCUT2D eigenvalue weighted by Gasteiger charge is -2.11. The van der Waals surface area contributed by atoms with E-state index in [4.69, 9.17) is 15.2 Å². The molecule has 2 heterocycles. The molecule has 1 atom stereocenters. The van der Waals surface area contributed by atoms with Crippen molar-refractivity contribution < 1.29 is 9.47 Å². The predicted octanol–water partition coefficient (Wildman–Crippen LogP) is 1.83. The number of nitrogens with zero attached hydrogens (tertiary/aromatic N) is 2. The molecule has 0 aliphatic carbocycles. The van der Waals surface area contributed by atoms with Crippen molar-refractivity contribution in [3.63, 3.8) is 0 Å². The van der Waals surface area contributed by atoms with E-state index in [0.29, 0.717) is 24.9 Å². The molecule has 0 bridgehead atoms. The summed E-state index contributed by atoms with van der Waals surface area (Å²) in [6.07, 6.45) is 0.0175. The Labute approximate surface area is 104 Å². The first-order chi connectivity index (χ1) is 8.20. The molecule has 1 unspecified atom stereocenters. The van der Waals surface area contributed by atoms with Crippen molar-refractivity contribution in [2.45, 2.75) is 19.6 Å². The van der Waals surface area contributed by atoms with E-state index in [1.165, 1.54) is 0 Å². The molecular weight excluding hydrogens is 238 g/mol. The van der Waals surface area contributed by atoms with Gasteiger partial charge in [-0.05, 0) is 18.4 Å². The summed E-state index contributed by atoms with van der Waals surface area (Å²) >= 11 is 1.55. The van der Waals surface area contributed by atoms with Crippen LogP contribution in [0.2, 0.25) is 0 Å². The number of aromatic nitrogens is 2. The molecule has 0 radical (unpaired) electrons. The van der Waals surface area contributed by atoms with Crippen molar-refractivity contribution in [3.05, 3.63) is 17.3 Å². The number of thiophene rings is 1. The normalized spacial score (nSPS) is 13.1. The van der Waals surface area contributed by atoms with Gasteiger partial charge in [0.2, 0.25) is 0 Å². The highest BCUT2D eigenvalue weighted by atomic mass is 32.1. The summed E-state index contributed by atoms with van der Waals surface area (Å²) in [6, 6.07) is 1.92. The van der Waals surface area contributed by atoms with Gasteiger partial charge in [0, 0.05) is 7.11 Å². The van der Waals surface area contributed by atoms with E-state index < -0.39 is 0 Å². The van der Waals surface area contributed by atoms with Crippen LogP contribution in [0.3, 0.4) is 0 Å². The van der Waals surface area contributed by atoms with E-state index >= 15 is 0 Å². The number of fused-ring (bicyclic) bond motifs is 1. The highest BCUT2D eigenvalue weighted by Gasteiger charge is 2.08. The second kappa shape index (κ2) is 5.39. The van der Waals surface area contributed by atoms with Gasteiger partial charge >= 0.3 is 0 Å². The lowest BCUT2D eigenvalue weighted by atomic mass is 10.4. The number of nitrogens with two attached hydrogens (primary N) is 1. The molecule has 0 saturated carbocycles. The summed E-state index contributed by atoms with van der Waals surface area (Å²) in [5, 5.41) is 2.86. The number of anilines is 1. The van der Waals surface area contributed by atoms with E-state index in [-0.39, 0.29) is 6.10 Å². The minimum atomic E-state index is 0.0175. The van der Waals surface area contributed by atoms with E-state index in [0.717, 1.165) is 10.2 Å². The van der Waals surface area contributed by atoms with Crippen LogP contribution < -0.4 is 5.73 Å². The molecule has 0 aromatic carbocycles. The van der Waals surface area contributed by atoms with E-state index in [1.807, 2.05) is 18.4 Å². The Morgan fingerprint density at radius 2 is 2.29 bits per heavy atom. The molecule has 0 aliphatic rings. The first-order valence-electron chi connectivity index (χ1n) is 5.31. The van der Waals surface area contributed by atoms with Crippen molar-refractivity contribution in [2.75, 3.05) is 19.5 Å². The van der Waals surface area contributed by atoms with Gasteiger partial charge in [-0.3, -0.25) is 0 Å². The van der Waals surface area contributed by atoms with Crippen molar-refractivity contribution in [2.24, 2.45) is 0 Å². The number of rotatable bonds is 5. The zero-order valence-corrected chi connectivity index (χ0v) is 10.7. The van der Waals surface area contributed by atoms with Crippen molar-refractivity contribution in [1.29, 1.82) is 0 Å². The fourth-order valence-corrected chi connectivity index (χ4v) is 2.28. The first kappa shape index (κ1) is 12.2. The number of ether oxygens (including phenoxy) is 2. The van der Waals surface area contributed by atoms with Crippen LogP contribution in [-0.4, -0.2) is 29.8 Å². The second-order valence-corrected chi connectivity index (χ2v) is 4.64. The molecule has 2 N–H and O–H groups in total. The minimum absolute atomic E-state index is 0.0175. The molecule has 0 fully saturated rings. The standard InChI is InChI=1S/C11H15N3O2S/c1-7(5-15-2)16-6-9-13-10(12)8-3-4-17-11(8)14-9/h3-4,7H,5-6H2,1-2H3,(H2,12,13,14). The number of methoxy groups -OCH3 is 1. The third kappa shape index (κ3) is 2.91. The van der Waals surface area contributed by atoms with Gasteiger partial charge in [0.1, 0.15) is 17.3 Å². The lowest BCUT2D eigenvalue weighted by molar-refractivity contribution is -0.00257. The molecule has 17 heavy (non-hydrogen) atoms. The highest BCUT2D eigenvalue weighted by molar-refractivity contribution is 7.16. The average molecular weight is 253 g/mol. The molecule has 6 heteroatoms. The Bertz CT molecular complexity index is 500. The van der Waals surface area contributed by atoms with Gasteiger partial charge in [0.25, 0.3) is 0 Å². The topological polar surface area (TPSA) is 70.3 Å². The Hall–Kier alpha value is -1.24. The van der Waals surface area contributed by atoms with Crippen molar-refractivity contribution >= 4 is 27.4 Å². The number of nitrogen functional groups attached to an aromatic ring is 1. The third-order valence-corrected chi connectivity index (χ3v) is 3.11. The van der Waals surface area contributed by atoms with Gasteiger partial charge in [-0.15, -0.1) is 11.3 Å². The van der Waals surface area contributed by atoms with E-state index in [2.05, 4.69) is 9.97 Å². The zero-order valence-electron chi connectivity index (χ0n) is 9.84. The fraction of sp³-hybridized carbons (Fsp3) is 0.455. The lowest BCUT2D eigenvalue weighted by Crippen LogP contribution is -2.15. The Kier molecular flexibility index (Phi) is 3.88. The van der Waals surface area contributed by atoms with Crippen LogP contribution >= 0.6 is 11.3 Å². The SMILES string of the molecule is COCC(C)OCc1nc(N)c2ccsc2n1. The van der Waals surface area contributed by atoms with Gasteiger partial charge in [0.15, 0.2) is 5.82 Å². The average Bonchev–Trinajstić information content (AvgIpc) is 2.75. The molecular formula is C11H15N3O2S. The van der Waals surface area contributed by atoms with Crippen LogP contribution in [-0.2, 0) is 16.1 Å². The van der Waals surface area contributed by atoms with Crippen LogP contribution in [0.5, 0.6) is 0 Å². The maximum Gasteiger partial charge on any atom is 0.158 e. The largest absolute Gasteiger partial charge is 0.383 e. The van der Waals surface area contributed by atoms with Gasteiger partial charge in [-0.1, -0.05) is 0 Å². The summed E-state index contributed by atoms with van der Waals surface area (Å²) < 4.78 is 10.5. The molecule has 0 saturated heterocycles. The number of hydrogen-bond donors (Lipinski definition) is 1. The summed E-state index contributed by atoms with van der Waals surface area (Å²) in [7, 11) is 1.64. The second-order valence-electron chi connectivity index (χ2n) is 3.74. The Morgan fingerprint density at radius 1 is 1.47 bits per heavy atom. The fourth-order valence-electron chi connectivity index (χ4n) is 1.49. The quantitative estimate of drug-likeness (QED) is 0.880. The van der Waals surface area contributed by atoms with Crippen molar-refractivity contribution in [3.8, 4) is 0 Å². The maximum atomic E-state index is 5.84. The smallest absolute Gasteiger partial charge is 0.158 e. The van der Waals surface area contributed by atoms with Crippen molar-refractivity contribution in [1.82, 2.24) is 9.97 Å². The van der Waals surface area contributed by atoms with Gasteiger partial charge < -0.3 is 15.2 Å². The third-order valence-electron chi connectivity index (χ3n) is 2.30. The minimum Gasteiger partial charge on any atom is -0.383 e. The van der Waals surface area contributed by atoms with Crippen LogP contribution in [0.4, 0.5) is 5.82 Å². The summed E-state index contributed by atoms with van der Waals surface area (Å²) in [5.41, 5.74) is 5.84. The predicted molar refractivity (Wildman–Crippen MR) is 68.0 cm³/mol. The summed E-state index contributed by atoms with van der Waals surface area (Å²) in [5.74, 6) is 1.12. The van der Waals surface area contributed by atoms with E-state index in [1.54, 1.807) is 18.4 Å². The van der Waals surface area contributed by atoms with Crippen LogP contribution in [0, 0.1) is 0 Å². The molecule has 2 rings (SSSR count). The van der Waals surface area contributed by atoms with Gasteiger partial charge in [-0.25, -0.2) is 9.97 Å². The highest BCUT2D eigenvalue weighted by Crippen LogP contribution is 2.22. The molecule has 5 nitrogen and oxygen atoms in total. The first-order valence-corrected chi connectivity index (χ1v) is 6.19. The molecule has 2 aromatic heterocycles. The van der Waals surface area contributed by atoms with Gasteiger partial charge in [0.05, 0.1) is 18.1 Å². The van der Waals surface area contributed by atoms with Crippen LogP contribution in [0.1, 0.15) is 12.7 Å². The monoisotopic (exact) mass is 253 g/mol. The van der Waals surface area contributed by atoms with Crippen LogP contribution in [0.25, 0.3) is 10.2 Å². The molecule has 2 aromatic rings. The Morgan fingerprint density at radius 3 is 3.06 bits per heavy atom. The molecule has 0 aliphatic heterocycles. The summed E-state index contributed by atoms with van der Waals surface area (Å²) in [4.78, 5) is 9.50. The van der Waals surface area contributed by atoms with Gasteiger partial charge in [-0.2, -0.15) is 0 Å². The zero-order chi connectivity index (χ0) is 12.3.